The molecule has 0 amide bonds. The molecular weight excluding hydrogens is 398 g/mol. The van der Waals surface area contributed by atoms with Gasteiger partial charge in [0.2, 0.25) is 0 Å². The van der Waals surface area contributed by atoms with Gasteiger partial charge in [-0.1, -0.05) is 54.1 Å². The fourth-order valence-electron chi connectivity index (χ4n) is 3.92. The van der Waals surface area contributed by atoms with E-state index in [1.54, 1.807) is 12.1 Å². The van der Waals surface area contributed by atoms with Gasteiger partial charge in [0.1, 0.15) is 11.3 Å². The summed E-state index contributed by atoms with van der Waals surface area (Å²) in [6, 6.07) is 24.5. The topological polar surface area (TPSA) is 68.7 Å². The van der Waals surface area contributed by atoms with E-state index in [0.29, 0.717) is 28.1 Å². The average molecular weight is 416 g/mol. The number of hydrazone groups is 1. The second-order valence-corrected chi connectivity index (χ2v) is 7.66. The van der Waals surface area contributed by atoms with Gasteiger partial charge in [-0.2, -0.15) is 5.10 Å². The van der Waals surface area contributed by atoms with E-state index in [2.05, 4.69) is 4.98 Å². The van der Waals surface area contributed by atoms with Crippen molar-refractivity contribution in [3.05, 3.63) is 105 Å². The minimum absolute atomic E-state index is 0.0436. The third-order valence-corrected chi connectivity index (χ3v) is 5.62. The summed E-state index contributed by atoms with van der Waals surface area (Å²) < 4.78 is 0. The van der Waals surface area contributed by atoms with Crippen LogP contribution in [-0.4, -0.2) is 15.8 Å². The molecule has 0 radical (unpaired) electrons. The Labute approximate surface area is 177 Å². The summed E-state index contributed by atoms with van der Waals surface area (Å²) in [7, 11) is 0. The summed E-state index contributed by atoms with van der Waals surface area (Å²) in [5, 5.41) is 18.8. The standard InChI is InChI=1S/C24H18ClN3O2/c25-16-12-10-15(11-13-16)21-14-20(27-28(21)17-6-2-1-3-7-17)22-23(29)18-8-4-5-9-19(18)26-24(22)30/h1-13,21H,14H2,(H2,26,29,30). The molecule has 0 spiro atoms. The molecule has 148 valence electrons. The number of H-pyrrole nitrogens is 1. The molecular formula is C24H18ClN3O2. The fraction of sp³-hybridized carbons (Fsp3) is 0.0833. The number of benzene rings is 3. The van der Waals surface area contributed by atoms with Crippen LogP contribution in [0.5, 0.6) is 5.75 Å². The zero-order valence-electron chi connectivity index (χ0n) is 15.9. The predicted octanol–water partition coefficient (Wildman–Crippen LogP) is 5.24. The van der Waals surface area contributed by atoms with Crippen molar-refractivity contribution in [1.82, 2.24) is 4.98 Å². The van der Waals surface area contributed by atoms with Crippen molar-refractivity contribution in [2.75, 3.05) is 5.01 Å². The second-order valence-electron chi connectivity index (χ2n) is 7.22. The molecule has 3 aromatic carbocycles. The molecule has 1 atom stereocenters. The number of para-hydroxylation sites is 2. The number of pyridine rings is 1. The minimum atomic E-state index is -0.352. The summed E-state index contributed by atoms with van der Waals surface area (Å²) in [6.07, 6.45) is 0.478. The van der Waals surface area contributed by atoms with Crippen molar-refractivity contribution in [1.29, 1.82) is 0 Å². The number of hydrogen-bond donors (Lipinski definition) is 2. The van der Waals surface area contributed by atoms with Gasteiger partial charge in [0.25, 0.3) is 5.56 Å². The summed E-state index contributed by atoms with van der Waals surface area (Å²) in [5.41, 5.74) is 2.93. The molecule has 0 saturated heterocycles. The number of aromatic amines is 1. The molecule has 1 aliphatic rings. The molecule has 0 bridgehead atoms. The van der Waals surface area contributed by atoms with E-state index in [0.717, 1.165) is 11.3 Å². The molecule has 1 aromatic heterocycles. The van der Waals surface area contributed by atoms with Crippen molar-refractivity contribution in [3.63, 3.8) is 0 Å². The van der Waals surface area contributed by atoms with Crippen LogP contribution in [0.4, 0.5) is 5.69 Å². The van der Waals surface area contributed by atoms with Crippen LogP contribution >= 0.6 is 11.6 Å². The van der Waals surface area contributed by atoms with E-state index in [1.165, 1.54) is 0 Å². The number of rotatable bonds is 3. The van der Waals surface area contributed by atoms with Gasteiger partial charge >= 0.3 is 0 Å². The van der Waals surface area contributed by atoms with Crippen LogP contribution in [0.2, 0.25) is 5.02 Å². The third kappa shape index (κ3) is 3.13. The summed E-state index contributed by atoms with van der Waals surface area (Å²) >= 11 is 6.07. The van der Waals surface area contributed by atoms with Gasteiger partial charge < -0.3 is 10.1 Å². The van der Waals surface area contributed by atoms with Gasteiger partial charge in [0.05, 0.1) is 23.0 Å². The smallest absolute Gasteiger partial charge is 0.261 e. The Morgan fingerprint density at radius 1 is 0.967 bits per heavy atom. The number of halogens is 1. The highest BCUT2D eigenvalue weighted by molar-refractivity contribution is 6.30. The van der Waals surface area contributed by atoms with E-state index >= 15 is 0 Å². The number of anilines is 1. The largest absolute Gasteiger partial charge is 0.506 e. The normalized spacial score (nSPS) is 16.1. The van der Waals surface area contributed by atoms with Crippen molar-refractivity contribution < 1.29 is 5.11 Å². The van der Waals surface area contributed by atoms with Crippen LogP contribution in [0.3, 0.4) is 0 Å². The first-order valence-electron chi connectivity index (χ1n) is 9.63. The Hall–Kier alpha value is -3.57. The van der Waals surface area contributed by atoms with Crippen LogP contribution in [0.1, 0.15) is 23.6 Å². The lowest BCUT2D eigenvalue weighted by Gasteiger charge is -2.24. The molecule has 1 unspecified atom stereocenters. The Kier molecular flexibility index (Phi) is 4.52. The zero-order valence-corrected chi connectivity index (χ0v) is 16.7. The first-order chi connectivity index (χ1) is 14.6. The quantitative estimate of drug-likeness (QED) is 0.480. The van der Waals surface area contributed by atoms with Gasteiger partial charge in [-0.25, -0.2) is 0 Å². The fourth-order valence-corrected chi connectivity index (χ4v) is 4.04. The number of nitrogens with zero attached hydrogens (tertiary/aromatic N) is 2. The number of aromatic nitrogens is 1. The van der Waals surface area contributed by atoms with E-state index in [9.17, 15) is 9.90 Å². The number of hydrogen-bond acceptors (Lipinski definition) is 4. The van der Waals surface area contributed by atoms with Gasteiger partial charge in [0.15, 0.2) is 0 Å². The van der Waals surface area contributed by atoms with Crippen molar-refractivity contribution >= 4 is 33.9 Å². The number of aromatic hydroxyl groups is 1. The highest BCUT2D eigenvalue weighted by Crippen LogP contribution is 2.38. The van der Waals surface area contributed by atoms with Crippen molar-refractivity contribution in [2.45, 2.75) is 12.5 Å². The summed E-state index contributed by atoms with van der Waals surface area (Å²) in [5.74, 6) is -0.0436. The molecule has 2 heterocycles. The molecule has 0 aliphatic carbocycles. The molecule has 0 saturated carbocycles. The molecule has 0 fully saturated rings. The van der Waals surface area contributed by atoms with Gasteiger partial charge in [0, 0.05) is 16.8 Å². The Morgan fingerprint density at radius 3 is 2.43 bits per heavy atom. The highest BCUT2D eigenvalue weighted by atomic mass is 35.5. The Morgan fingerprint density at radius 2 is 1.67 bits per heavy atom. The maximum atomic E-state index is 12.8. The molecule has 1 aliphatic heterocycles. The van der Waals surface area contributed by atoms with Gasteiger partial charge in [-0.05, 0) is 42.0 Å². The van der Waals surface area contributed by atoms with E-state index in [-0.39, 0.29) is 22.9 Å². The van der Waals surface area contributed by atoms with E-state index in [1.807, 2.05) is 71.7 Å². The average Bonchev–Trinajstić information content (AvgIpc) is 3.20. The maximum absolute atomic E-state index is 12.8. The van der Waals surface area contributed by atoms with Crippen LogP contribution in [0.15, 0.2) is 88.8 Å². The van der Waals surface area contributed by atoms with Crippen LogP contribution in [0.25, 0.3) is 10.9 Å². The van der Waals surface area contributed by atoms with Crippen molar-refractivity contribution in [3.8, 4) is 5.75 Å². The first kappa shape index (κ1) is 18.5. The molecule has 2 N–H and O–H groups in total. The lowest BCUT2D eigenvalue weighted by molar-refractivity contribution is 0.479. The van der Waals surface area contributed by atoms with Crippen molar-refractivity contribution in [2.24, 2.45) is 5.10 Å². The Balaban J connectivity index is 1.65. The van der Waals surface area contributed by atoms with E-state index < -0.39 is 0 Å². The van der Waals surface area contributed by atoms with Gasteiger partial charge in [-0.3, -0.25) is 9.80 Å². The van der Waals surface area contributed by atoms with Crippen LogP contribution < -0.4 is 10.6 Å². The predicted molar refractivity (Wildman–Crippen MR) is 121 cm³/mol. The SMILES string of the molecule is O=c1[nH]c2ccccc2c(O)c1C1=NN(c2ccccc2)C(c2ccc(Cl)cc2)C1. The van der Waals surface area contributed by atoms with Crippen LogP contribution in [0, 0.1) is 0 Å². The maximum Gasteiger partial charge on any atom is 0.261 e. The summed E-state index contributed by atoms with van der Waals surface area (Å²) in [4.78, 5) is 15.7. The lowest BCUT2D eigenvalue weighted by atomic mass is 9.97. The summed E-state index contributed by atoms with van der Waals surface area (Å²) in [6.45, 7) is 0. The highest BCUT2D eigenvalue weighted by Gasteiger charge is 2.32. The molecule has 6 heteroatoms. The zero-order chi connectivity index (χ0) is 20.7. The van der Waals surface area contributed by atoms with E-state index in [4.69, 9.17) is 16.7 Å². The second kappa shape index (κ2) is 7.35. The molecule has 5 nitrogen and oxygen atoms in total. The number of nitrogens with one attached hydrogen (secondary N) is 1. The third-order valence-electron chi connectivity index (χ3n) is 5.37. The molecule has 5 rings (SSSR count). The molecule has 4 aromatic rings. The molecule has 30 heavy (non-hydrogen) atoms. The minimum Gasteiger partial charge on any atom is -0.506 e. The monoisotopic (exact) mass is 415 g/mol. The number of fused-ring (bicyclic) bond motifs is 1. The van der Waals surface area contributed by atoms with Gasteiger partial charge in [-0.15, -0.1) is 0 Å². The van der Waals surface area contributed by atoms with Crippen LogP contribution in [-0.2, 0) is 0 Å². The Bertz CT molecular complexity index is 1310. The first-order valence-corrected chi connectivity index (χ1v) is 10.0. The lowest BCUT2D eigenvalue weighted by Crippen LogP contribution is -2.19.